The van der Waals surface area contributed by atoms with E-state index >= 15 is 0 Å². The Morgan fingerprint density at radius 1 is 1.18 bits per heavy atom. The van der Waals surface area contributed by atoms with Gasteiger partial charge in [-0.25, -0.2) is 0 Å². The monoisotopic (exact) mass is 378 g/mol. The van der Waals surface area contributed by atoms with Gasteiger partial charge in [0.15, 0.2) is 11.5 Å². The second kappa shape index (κ2) is 6.33. The zero-order valence-corrected chi connectivity index (χ0v) is 15.6. The predicted molar refractivity (Wildman–Crippen MR) is 98.0 cm³/mol. The summed E-state index contributed by atoms with van der Waals surface area (Å²) in [5, 5.41) is 4.06. The van der Waals surface area contributed by atoms with Crippen LogP contribution in [-0.2, 0) is 13.0 Å². The molecule has 0 atom stereocenters. The minimum Gasteiger partial charge on any atom is -0.454 e. The first-order chi connectivity index (χ1) is 13.6. The number of carbonyl (C=O) groups excluding carboxylic acids is 1. The van der Waals surface area contributed by atoms with Crippen LogP contribution in [-0.4, -0.2) is 39.3 Å². The maximum absolute atomic E-state index is 13.0. The van der Waals surface area contributed by atoms with Gasteiger partial charge in [0.2, 0.25) is 18.5 Å². The van der Waals surface area contributed by atoms with Crippen molar-refractivity contribution in [3.8, 4) is 22.9 Å². The molecule has 8 heteroatoms. The molecule has 1 amide bonds. The average Bonchev–Trinajstić information content (AvgIpc) is 3.35. The van der Waals surface area contributed by atoms with Gasteiger partial charge in [-0.2, -0.15) is 4.98 Å². The molecule has 28 heavy (non-hydrogen) atoms. The van der Waals surface area contributed by atoms with Crippen molar-refractivity contribution >= 4 is 5.91 Å². The van der Waals surface area contributed by atoms with Crippen LogP contribution in [0.4, 0.5) is 0 Å². The van der Waals surface area contributed by atoms with Gasteiger partial charge in [-0.1, -0.05) is 5.16 Å². The van der Waals surface area contributed by atoms with Crippen molar-refractivity contribution in [3.63, 3.8) is 0 Å². The molecule has 2 aromatic heterocycles. The van der Waals surface area contributed by atoms with Gasteiger partial charge >= 0.3 is 0 Å². The van der Waals surface area contributed by atoms with Crippen LogP contribution >= 0.6 is 0 Å². The van der Waals surface area contributed by atoms with Crippen LogP contribution in [0.25, 0.3) is 11.4 Å². The van der Waals surface area contributed by atoms with Gasteiger partial charge in [-0.15, -0.1) is 0 Å². The van der Waals surface area contributed by atoms with Gasteiger partial charge in [0.25, 0.3) is 5.91 Å². The topological polar surface area (TPSA) is 90.6 Å². The molecule has 1 aromatic carbocycles. The Morgan fingerprint density at radius 2 is 2.04 bits per heavy atom. The minimum atomic E-state index is -0.0403. The van der Waals surface area contributed by atoms with E-state index in [9.17, 15) is 4.79 Å². The van der Waals surface area contributed by atoms with Crippen LogP contribution in [0.15, 0.2) is 28.9 Å². The third-order valence-electron chi connectivity index (χ3n) is 5.12. The third-order valence-corrected chi connectivity index (χ3v) is 5.12. The van der Waals surface area contributed by atoms with E-state index in [1.165, 1.54) is 0 Å². The van der Waals surface area contributed by atoms with Crippen LogP contribution in [0.5, 0.6) is 11.5 Å². The van der Waals surface area contributed by atoms with Crippen LogP contribution in [0.1, 0.15) is 33.1 Å². The summed E-state index contributed by atoms with van der Waals surface area (Å²) in [6.07, 6.45) is 2.54. The van der Waals surface area contributed by atoms with Crippen LogP contribution in [0.2, 0.25) is 0 Å². The largest absolute Gasteiger partial charge is 0.454 e. The van der Waals surface area contributed by atoms with E-state index in [2.05, 4.69) is 15.1 Å². The van der Waals surface area contributed by atoms with E-state index in [4.69, 9.17) is 14.0 Å². The van der Waals surface area contributed by atoms with Crippen molar-refractivity contribution < 1.29 is 18.8 Å². The van der Waals surface area contributed by atoms with E-state index in [-0.39, 0.29) is 12.7 Å². The zero-order chi connectivity index (χ0) is 19.3. The maximum Gasteiger partial charge on any atom is 0.254 e. The van der Waals surface area contributed by atoms with Gasteiger partial charge in [0.05, 0.1) is 0 Å². The van der Waals surface area contributed by atoms with E-state index in [1.54, 1.807) is 25.1 Å². The molecule has 3 aromatic rings. The predicted octanol–water partition coefficient (Wildman–Crippen LogP) is 2.68. The van der Waals surface area contributed by atoms with E-state index in [1.807, 2.05) is 18.0 Å². The van der Waals surface area contributed by atoms with E-state index in [0.717, 1.165) is 22.4 Å². The summed E-state index contributed by atoms with van der Waals surface area (Å²) in [7, 11) is 0. The quantitative estimate of drug-likeness (QED) is 0.677. The number of benzene rings is 1. The number of rotatable bonds is 2. The number of aromatic nitrogens is 3. The third kappa shape index (κ3) is 2.69. The SMILES string of the molecule is Cc1nc(-c2c(C)ncc3c2CCN(C(=O)c2ccc4c(c2)OCO4)C3)no1. The average molecular weight is 378 g/mol. The number of pyridine rings is 1. The molecule has 0 bridgehead atoms. The lowest BCUT2D eigenvalue weighted by atomic mass is 9.94. The fourth-order valence-corrected chi connectivity index (χ4v) is 3.73. The number of hydrogen-bond donors (Lipinski definition) is 0. The van der Waals surface area contributed by atoms with Gasteiger partial charge in [-0.3, -0.25) is 9.78 Å². The normalized spacial score (nSPS) is 14.9. The molecule has 0 saturated heterocycles. The maximum atomic E-state index is 13.0. The molecule has 0 spiro atoms. The number of fused-ring (bicyclic) bond motifs is 2. The molecule has 0 N–H and O–H groups in total. The Labute approximate surface area is 161 Å². The van der Waals surface area contributed by atoms with Gasteiger partial charge in [0.1, 0.15) is 0 Å². The lowest BCUT2D eigenvalue weighted by Gasteiger charge is -2.30. The summed E-state index contributed by atoms with van der Waals surface area (Å²) >= 11 is 0. The Hall–Kier alpha value is -3.42. The second-order valence-electron chi connectivity index (χ2n) is 6.90. The van der Waals surface area contributed by atoms with Crippen molar-refractivity contribution in [1.82, 2.24) is 20.0 Å². The first-order valence-electron chi connectivity index (χ1n) is 9.07. The summed E-state index contributed by atoms with van der Waals surface area (Å²) in [4.78, 5) is 23.7. The molecule has 142 valence electrons. The molecule has 5 rings (SSSR count). The molecule has 4 heterocycles. The first kappa shape index (κ1) is 16.7. The number of carbonyl (C=O) groups is 1. The van der Waals surface area contributed by atoms with Crippen LogP contribution < -0.4 is 9.47 Å². The van der Waals surface area contributed by atoms with Crippen molar-refractivity contribution in [2.24, 2.45) is 0 Å². The number of hydrogen-bond acceptors (Lipinski definition) is 7. The highest BCUT2D eigenvalue weighted by atomic mass is 16.7. The molecule has 0 saturated carbocycles. The molecule has 0 fully saturated rings. The van der Waals surface area contributed by atoms with Gasteiger partial charge in [0, 0.05) is 43.0 Å². The standard InChI is InChI=1S/C20H18N4O4/c1-11-18(19-22-12(2)28-23-19)15-5-6-24(9-14(15)8-21-11)20(25)13-3-4-16-17(7-13)27-10-26-16/h3-4,7-8H,5-6,9-10H2,1-2H3. The first-order valence-corrected chi connectivity index (χ1v) is 9.07. The highest BCUT2D eigenvalue weighted by Crippen LogP contribution is 2.34. The zero-order valence-electron chi connectivity index (χ0n) is 15.6. The molecule has 0 unspecified atom stereocenters. The molecule has 0 radical (unpaired) electrons. The summed E-state index contributed by atoms with van der Waals surface area (Å²) in [6, 6.07) is 5.28. The number of nitrogens with zero attached hydrogens (tertiary/aromatic N) is 4. The lowest BCUT2D eigenvalue weighted by Crippen LogP contribution is -2.36. The molecule has 2 aliphatic heterocycles. The Kier molecular flexibility index (Phi) is 3.78. The van der Waals surface area contributed by atoms with Crippen LogP contribution in [0, 0.1) is 13.8 Å². The van der Waals surface area contributed by atoms with Crippen molar-refractivity contribution in [2.75, 3.05) is 13.3 Å². The molecule has 0 aliphatic carbocycles. The lowest BCUT2D eigenvalue weighted by molar-refractivity contribution is 0.0734. The summed E-state index contributed by atoms with van der Waals surface area (Å²) in [5.74, 6) is 2.30. The molecular formula is C20H18N4O4. The van der Waals surface area contributed by atoms with Crippen molar-refractivity contribution in [1.29, 1.82) is 0 Å². The van der Waals surface area contributed by atoms with Gasteiger partial charge in [-0.05, 0) is 42.7 Å². The highest BCUT2D eigenvalue weighted by Gasteiger charge is 2.27. The number of aryl methyl sites for hydroxylation is 2. The fourth-order valence-electron chi connectivity index (χ4n) is 3.73. The Bertz CT molecular complexity index is 1090. The Morgan fingerprint density at radius 3 is 2.86 bits per heavy atom. The summed E-state index contributed by atoms with van der Waals surface area (Å²) in [5.41, 5.74) is 4.48. The minimum absolute atomic E-state index is 0.0403. The highest BCUT2D eigenvalue weighted by molar-refractivity contribution is 5.95. The summed E-state index contributed by atoms with van der Waals surface area (Å²) in [6.45, 7) is 4.98. The molecule has 2 aliphatic rings. The Balaban J connectivity index is 1.45. The fraction of sp³-hybridized carbons (Fsp3) is 0.300. The summed E-state index contributed by atoms with van der Waals surface area (Å²) < 4.78 is 15.8. The molecular weight excluding hydrogens is 360 g/mol. The van der Waals surface area contributed by atoms with Crippen LogP contribution in [0.3, 0.4) is 0 Å². The van der Waals surface area contributed by atoms with Gasteiger partial charge < -0.3 is 18.9 Å². The number of ether oxygens (including phenoxy) is 2. The van der Waals surface area contributed by atoms with Crippen molar-refractivity contribution in [2.45, 2.75) is 26.8 Å². The van der Waals surface area contributed by atoms with E-state index < -0.39 is 0 Å². The van der Waals surface area contributed by atoms with E-state index in [0.29, 0.717) is 48.3 Å². The van der Waals surface area contributed by atoms with Crippen molar-refractivity contribution in [3.05, 3.63) is 52.7 Å². The second-order valence-corrected chi connectivity index (χ2v) is 6.90. The molecule has 8 nitrogen and oxygen atoms in total. The smallest absolute Gasteiger partial charge is 0.254 e. The number of amides is 1.